The average molecular weight is 424 g/mol. The zero-order valence-electron chi connectivity index (χ0n) is 18.0. The highest BCUT2D eigenvalue weighted by molar-refractivity contribution is 7.89. The van der Waals surface area contributed by atoms with Gasteiger partial charge in [0.1, 0.15) is 6.04 Å². The summed E-state index contributed by atoms with van der Waals surface area (Å²) in [4.78, 5) is 27.0. The van der Waals surface area contributed by atoms with Crippen molar-refractivity contribution in [1.82, 2.24) is 14.5 Å². The zero-order valence-corrected chi connectivity index (χ0v) is 18.8. The Morgan fingerprint density at radius 3 is 2.03 bits per heavy atom. The highest BCUT2D eigenvalue weighted by Gasteiger charge is 2.34. The van der Waals surface area contributed by atoms with Crippen molar-refractivity contribution in [3.05, 3.63) is 29.8 Å². The third kappa shape index (κ3) is 6.02. The third-order valence-corrected chi connectivity index (χ3v) is 6.96. The summed E-state index contributed by atoms with van der Waals surface area (Å²) in [6.07, 6.45) is 0.374. The predicted octanol–water partition coefficient (Wildman–Crippen LogP) is 2.01. The van der Waals surface area contributed by atoms with Gasteiger partial charge in [-0.25, -0.2) is 8.42 Å². The minimum atomic E-state index is -3.57. The standard InChI is InChI=1S/C21H33N3O4S/c1-15(2)14-19(25)22-20(16(3)4)21(26)23-10-12-24(13-11-23)29(27,28)18-8-6-17(5)7-9-18/h6-9,15-16,20H,10-14H2,1-5H3,(H,22,25). The molecule has 1 heterocycles. The van der Waals surface area contributed by atoms with Gasteiger partial charge < -0.3 is 10.2 Å². The molecule has 0 saturated carbocycles. The van der Waals surface area contributed by atoms with Gasteiger partial charge in [0.2, 0.25) is 21.8 Å². The molecule has 2 amide bonds. The van der Waals surface area contributed by atoms with Crippen LogP contribution in [0.1, 0.15) is 39.7 Å². The van der Waals surface area contributed by atoms with Crippen LogP contribution in [0.4, 0.5) is 0 Å². The SMILES string of the molecule is Cc1ccc(S(=O)(=O)N2CCN(C(=O)C(NC(=O)CC(C)C)C(C)C)CC2)cc1. The number of carbonyl (C=O) groups excluding carboxylic acids is 2. The summed E-state index contributed by atoms with van der Waals surface area (Å²) in [6, 6.07) is 6.18. The van der Waals surface area contributed by atoms with E-state index in [1.807, 2.05) is 34.6 Å². The number of rotatable bonds is 7. The number of aryl methyl sites for hydroxylation is 1. The van der Waals surface area contributed by atoms with Gasteiger partial charge in [0.05, 0.1) is 4.90 Å². The Labute approximate surface area is 174 Å². The maximum Gasteiger partial charge on any atom is 0.245 e. The molecule has 1 unspecified atom stereocenters. The van der Waals surface area contributed by atoms with Crippen LogP contribution in [0, 0.1) is 18.8 Å². The van der Waals surface area contributed by atoms with Crippen molar-refractivity contribution < 1.29 is 18.0 Å². The van der Waals surface area contributed by atoms with Gasteiger partial charge >= 0.3 is 0 Å². The molecule has 8 heteroatoms. The molecule has 2 rings (SSSR count). The molecule has 1 N–H and O–H groups in total. The lowest BCUT2D eigenvalue weighted by molar-refractivity contribution is -0.138. The van der Waals surface area contributed by atoms with E-state index in [1.54, 1.807) is 29.2 Å². The second-order valence-corrected chi connectivity index (χ2v) is 10.4. The maximum atomic E-state index is 13.0. The second-order valence-electron chi connectivity index (χ2n) is 8.43. The molecule has 0 bridgehead atoms. The normalized spacial score (nSPS) is 16.9. The van der Waals surface area contributed by atoms with Crippen LogP contribution in [-0.2, 0) is 19.6 Å². The fourth-order valence-corrected chi connectivity index (χ4v) is 4.74. The van der Waals surface area contributed by atoms with Crippen LogP contribution in [0.2, 0.25) is 0 Å². The van der Waals surface area contributed by atoms with Gasteiger partial charge in [-0.2, -0.15) is 4.31 Å². The van der Waals surface area contributed by atoms with Crippen molar-refractivity contribution in [3.63, 3.8) is 0 Å². The summed E-state index contributed by atoms with van der Waals surface area (Å²) in [5.74, 6) is -0.113. The smallest absolute Gasteiger partial charge is 0.245 e. The van der Waals surface area contributed by atoms with Gasteiger partial charge in [0.15, 0.2) is 0 Å². The summed E-state index contributed by atoms with van der Waals surface area (Å²) in [5, 5.41) is 2.86. The van der Waals surface area contributed by atoms with Crippen LogP contribution in [0.3, 0.4) is 0 Å². The number of nitrogens with zero attached hydrogens (tertiary/aromatic N) is 2. The molecule has 0 aliphatic carbocycles. The minimum absolute atomic E-state index is 0.0482. The first-order chi connectivity index (χ1) is 13.5. The first kappa shape index (κ1) is 23.3. The Bertz CT molecular complexity index is 811. The van der Waals surface area contributed by atoms with Gasteiger partial charge in [-0.3, -0.25) is 9.59 Å². The molecule has 0 radical (unpaired) electrons. The molecule has 1 aromatic carbocycles. The lowest BCUT2D eigenvalue weighted by atomic mass is 10.0. The summed E-state index contributed by atoms with van der Waals surface area (Å²) >= 11 is 0. The van der Waals surface area contributed by atoms with E-state index in [9.17, 15) is 18.0 Å². The summed E-state index contributed by atoms with van der Waals surface area (Å²) in [7, 11) is -3.57. The summed E-state index contributed by atoms with van der Waals surface area (Å²) < 4.78 is 27.1. The minimum Gasteiger partial charge on any atom is -0.344 e. The molecule has 1 aromatic rings. The van der Waals surface area contributed by atoms with Crippen LogP contribution in [0.15, 0.2) is 29.2 Å². The van der Waals surface area contributed by atoms with Crippen LogP contribution >= 0.6 is 0 Å². The van der Waals surface area contributed by atoms with Gasteiger partial charge in [-0.1, -0.05) is 45.4 Å². The molecular formula is C21H33N3O4S. The average Bonchev–Trinajstić information content (AvgIpc) is 2.65. The monoisotopic (exact) mass is 423 g/mol. The number of hydrogen-bond acceptors (Lipinski definition) is 4. The molecule has 29 heavy (non-hydrogen) atoms. The Balaban J connectivity index is 2.01. The van der Waals surface area contributed by atoms with Crippen molar-refractivity contribution in [1.29, 1.82) is 0 Å². The van der Waals surface area contributed by atoms with Crippen LogP contribution in [0.5, 0.6) is 0 Å². The Kier molecular flexibility index (Phi) is 7.82. The molecule has 7 nitrogen and oxygen atoms in total. The first-order valence-electron chi connectivity index (χ1n) is 10.2. The number of benzene rings is 1. The van der Waals surface area contributed by atoms with Crippen molar-refractivity contribution >= 4 is 21.8 Å². The second kappa shape index (κ2) is 9.71. The number of carbonyl (C=O) groups is 2. The van der Waals surface area contributed by atoms with E-state index < -0.39 is 16.1 Å². The highest BCUT2D eigenvalue weighted by Crippen LogP contribution is 2.19. The fraction of sp³-hybridized carbons (Fsp3) is 0.619. The van der Waals surface area contributed by atoms with Crippen molar-refractivity contribution in [2.75, 3.05) is 26.2 Å². The van der Waals surface area contributed by atoms with Crippen molar-refractivity contribution in [3.8, 4) is 0 Å². The summed E-state index contributed by atoms with van der Waals surface area (Å²) in [5.41, 5.74) is 0.999. The Morgan fingerprint density at radius 2 is 1.55 bits per heavy atom. The molecule has 162 valence electrons. The Morgan fingerprint density at radius 1 is 1.00 bits per heavy atom. The van der Waals surface area contributed by atoms with Gasteiger partial charge in [-0.15, -0.1) is 0 Å². The first-order valence-corrected chi connectivity index (χ1v) is 11.6. The number of sulfonamides is 1. The topological polar surface area (TPSA) is 86.8 Å². The Hall–Kier alpha value is -1.93. The molecular weight excluding hydrogens is 390 g/mol. The van der Waals surface area contributed by atoms with Gasteiger partial charge in [0, 0.05) is 32.6 Å². The lowest BCUT2D eigenvalue weighted by Gasteiger charge is -2.36. The molecule has 1 atom stereocenters. The molecule has 1 fully saturated rings. The molecule has 1 saturated heterocycles. The highest BCUT2D eigenvalue weighted by atomic mass is 32.2. The predicted molar refractivity (Wildman–Crippen MR) is 113 cm³/mol. The van der Waals surface area contributed by atoms with E-state index in [0.717, 1.165) is 5.56 Å². The number of nitrogens with one attached hydrogen (secondary N) is 1. The van der Waals surface area contributed by atoms with E-state index in [2.05, 4.69) is 5.32 Å². The van der Waals surface area contributed by atoms with Crippen molar-refractivity contribution in [2.45, 2.75) is 52.0 Å². The van der Waals surface area contributed by atoms with Crippen molar-refractivity contribution in [2.24, 2.45) is 11.8 Å². The molecule has 0 aromatic heterocycles. The number of hydrogen-bond donors (Lipinski definition) is 1. The molecule has 1 aliphatic rings. The van der Waals surface area contributed by atoms with E-state index in [-0.39, 0.29) is 41.6 Å². The van der Waals surface area contributed by atoms with Crippen LogP contribution in [-0.4, -0.2) is 61.7 Å². The zero-order chi connectivity index (χ0) is 21.8. The maximum absolute atomic E-state index is 13.0. The van der Waals surface area contributed by atoms with E-state index in [4.69, 9.17) is 0 Å². The van der Waals surface area contributed by atoms with Gasteiger partial charge in [0.25, 0.3) is 0 Å². The quantitative estimate of drug-likeness (QED) is 0.727. The number of piperazine rings is 1. The van der Waals surface area contributed by atoms with Gasteiger partial charge in [-0.05, 0) is 30.9 Å². The van der Waals surface area contributed by atoms with E-state index in [1.165, 1.54) is 4.31 Å². The largest absolute Gasteiger partial charge is 0.344 e. The van der Waals surface area contributed by atoms with E-state index >= 15 is 0 Å². The third-order valence-electron chi connectivity index (χ3n) is 5.05. The molecule has 1 aliphatic heterocycles. The van der Waals surface area contributed by atoms with Crippen LogP contribution < -0.4 is 5.32 Å². The summed E-state index contributed by atoms with van der Waals surface area (Å²) in [6.45, 7) is 10.7. The number of amides is 2. The van der Waals surface area contributed by atoms with Crippen LogP contribution in [0.25, 0.3) is 0 Å². The molecule has 0 spiro atoms. The fourth-order valence-electron chi connectivity index (χ4n) is 3.32. The van der Waals surface area contributed by atoms with E-state index in [0.29, 0.717) is 19.5 Å². The lowest BCUT2D eigenvalue weighted by Crippen LogP contribution is -2.57.